The number of aromatic amines is 1. The molecule has 0 aliphatic heterocycles. The Morgan fingerprint density at radius 3 is 2.50 bits per heavy atom. The molecule has 4 aromatic rings. The van der Waals surface area contributed by atoms with Gasteiger partial charge in [-0.2, -0.15) is 0 Å². The van der Waals surface area contributed by atoms with Crippen LogP contribution >= 0.6 is 0 Å². The van der Waals surface area contributed by atoms with E-state index in [1.165, 1.54) is 23.1 Å². The van der Waals surface area contributed by atoms with Crippen LogP contribution in [0.1, 0.15) is 28.7 Å². The minimum atomic E-state index is -3.88. The number of benzene rings is 3. The lowest BCUT2D eigenvalue weighted by Crippen LogP contribution is -2.32. The number of para-hydroxylation sites is 1. The largest absolute Gasteiger partial charge is 0.331 e. The number of aryl methyl sites for hydroxylation is 1. The molecule has 0 spiro atoms. The van der Waals surface area contributed by atoms with Gasteiger partial charge in [0.25, 0.3) is 21.5 Å². The first kappa shape index (κ1) is 23.2. The summed E-state index contributed by atoms with van der Waals surface area (Å²) in [5, 5.41) is 0.472. The predicted molar refractivity (Wildman–Crippen MR) is 131 cm³/mol. The van der Waals surface area contributed by atoms with Crippen LogP contribution in [0.25, 0.3) is 10.9 Å². The first-order valence-electron chi connectivity index (χ1n) is 10.7. The summed E-state index contributed by atoms with van der Waals surface area (Å²) in [4.78, 5) is 34.2. The van der Waals surface area contributed by atoms with E-state index in [0.29, 0.717) is 29.0 Å². The van der Waals surface area contributed by atoms with Gasteiger partial charge in [0, 0.05) is 17.8 Å². The van der Waals surface area contributed by atoms with E-state index in [-0.39, 0.29) is 28.5 Å². The lowest BCUT2D eigenvalue weighted by molar-refractivity contribution is 0.0748. The molecule has 0 radical (unpaired) electrons. The van der Waals surface area contributed by atoms with Gasteiger partial charge in [-0.05, 0) is 56.3 Å². The number of H-pyrrole nitrogens is 1. The second-order valence-corrected chi connectivity index (χ2v) is 9.53. The molecule has 0 saturated heterocycles. The van der Waals surface area contributed by atoms with Crippen molar-refractivity contribution in [3.05, 3.63) is 100 Å². The number of hydrogen-bond donors (Lipinski definition) is 2. The van der Waals surface area contributed by atoms with Gasteiger partial charge in [0.1, 0.15) is 5.82 Å². The zero-order valence-corrected chi connectivity index (χ0v) is 19.6. The number of carbonyl (C=O) groups excluding carboxylic acids is 1. The number of hydrogen-bond acceptors (Lipinski definition) is 5. The standard InChI is InChI=1S/C25H24N4O4S/c1-3-29(16-23-26-22-10-5-4-9-21(22)24(30)27-23)25(31)18-7-6-8-20(15-18)34(32,33)28-19-13-11-17(2)12-14-19/h4-15,28H,3,16H2,1-2H3,(H,26,27,30). The molecule has 2 N–H and O–H groups in total. The number of rotatable bonds is 7. The first-order valence-corrected chi connectivity index (χ1v) is 12.2. The minimum Gasteiger partial charge on any atom is -0.331 e. The lowest BCUT2D eigenvalue weighted by atomic mass is 10.2. The van der Waals surface area contributed by atoms with E-state index in [0.717, 1.165) is 5.56 Å². The summed E-state index contributed by atoms with van der Waals surface area (Å²) in [5.41, 5.74) is 1.93. The Labute approximate surface area is 197 Å². The molecule has 1 heterocycles. The highest BCUT2D eigenvalue weighted by atomic mass is 32.2. The molecule has 3 aromatic carbocycles. The van der Waals surface area contributed by atoms with Gasteiger partial charge in [0.2, 0.25) is 0 Å². The zero-order chi connectivity index (χ0) is 24.3. The molecule has 0 saturated carbocycles. The van der Waals surface area contributed by atoms with Gasteiger partial charge in [-0.1, -0.05) is 35.9 Å². The highest BCUT2D eigenvalue weighted by Crippen LogP contribution is 2.19. The third kappa shape index (κ3) is 4.99. The Kier molecular flexibility index (Phi) is 6.47. The van der Waals surface area contributed by atoms with Crippen LogP contribution in [0.2, 0.25) is 0 Å². The van der Waals surface area contributed by atoms with Crippen LogP contribution in [0.5, 0.6) is 0 Å². The molecule has 0 fully saturated rings. The Bertz CT molecular complexity index is 1510. The quantitative estimate of drug-likeness (QED) is 0.422. The van der Waals surface area contributed by atoms with Gasteiger partial charge in [0.15, 0.2) is 0 Å². The van der Waals surface area contributed by atoms with E-state index >= 15 is 0 Å². The number of nitrogens with zero attached hydrogens (tertiary/aromatic N) is 2. The topological polar surface area (TPSA) is 112 Å². The average Bonchev–Trinajstić information content (AvgIpc) is 2.83. The van der Waals surface area contributed by atoms with Crippen molar-refractivity contribution < 1.29 is 13.2 Å². The van der Waals surface area contributed by atoms with E-state index in [2.05, 4.69) is 14.7 Å². The normalized spacial score (nSPS) is 11.4. The van der Waals surface area contributed by atoms with Crippen LogP contribution in [-0.2, 0) is 16.6 Å². The van der Waals surface area contributed by atoms with Crippen LogP contribution in [-0.4, -0.2) is 35.7 Å². The number of nitrogens with one attached hydrogen (secondary N) is 2. The summed E-state index contributed by atoms with van der Waals surface area (Å²) < 4.78 is 28.3. The summed E-state index contributed by atoms with van der Waals surface area (Å²) in [5.74, 6) is -0.0191. The van der Waals surface area contributed by atoms with Gasteiger partial charge in [-0.3, -0.25) is 14.3 Å². The molecule has 174 valence electrons. The van der Waals surface area contributed by atoms with Gasteiger partial charge in [-0.25, -0.2) is 13.4 Å². The van der Waals surface area contributed by atoms with Crippen LogP contribution in [0.4, 0.5) is 5.69 Å². The van der Waals surface area contributed by atoms with Crippen molar-refractivity contribution in [3.63, 3.8) is 0 Å². The molecule has 1 aromatic heterocycles. The van der Waals surface area contributed by atoms with E-state index in [4.69, 9.17) is 0 Å². The number of aromatic nitrogens is 2. The summed E-state index contributed by atoms with van der Waals surface area (Å²) in [6.07, 6.45) is 0. The molecule has 8 nitrogen and oxygen atoms in total. The van der Waals surface area contributed by atoms with Gasteiger partial charge >= 0.3 is 0 Å². The van der Waals surface area contributed by atoms with Gasteiger partial charge in [-0.15, -0.1) is 0 Å². The fraction of sp³-hybridized carbons (Fsp3) is 0.160. The summed E-state index contributed by atoms with van der Waals surface area (Å²) in [7, 11) is -3.88. The Morgan fingerprint density at radius 1 is 1.03 bits per heavy atom. The maximum atomic E-state index is 13.2. The molecule has 0 aliphatic rings. The van der Waals surface area contributed by atoms with Crippen LogP contribution in [0, 0.1) is 6.92 Å². The number of carbonyl (C=O) groups is 1. The number of amides is 1. The number of fused-ring (bicyclic) bond motifs is 1. The Hall–Kier alpha value is -3.98. The lowest BCUT2D eigenvalue weighted by Gasteiger charge is -2.21. The van der Waals surface area contributed by atoms with Crippen molar-refractivity contribution in [1.29, 1.82) is 0 Å². The van der Waals surface area contributed by atoms with E-state index in [9.17, 15) is 18.0 Å². The van der Waals surface area contributed by atoms with Crippen molar-refractivity contribution in [1.82, 2.24) is 14.9 Å². The maximum Gasteiger partial charge on any atom is 0.261 e. The average molecular weight is 477 g/mol. The summed E-state index contributed by atoms with van der Waals surface area (Å²) in [6.45, 7) is 4.13. The van der Waals surface area contributed by atoms with E-state index < -0.39 is 10.0 Å². The monoisotopic (exact) mass is 476 g/mol. The van der Waals surface area contributed by atoms with Crippen molar-refractivity contribution in [2.45, 2.75) is 25.3 Å². The molecule has 4 rings (SSSR count). The fourth-order valence-corrected chi connectivity index (χ4v) is 4.64. The van der Waals surface area contributed by atoms with Crippen molar-refractivity contribution >= 4 is 32.5 Å². The van der Waals surface area contributed by atoms with Crippen molar-refractivity contribution in [3.8, 4) is 0 Å². The molecule has 9 heteroatoms. The second kappa shape index (κ2) is 9.48. The predicted octanol–water partition coefficient (Wildman–Crippen LogP) is 3.69. The molecular weight excluding hydrogens is 452 g/mol. The maximum absolute atomic E-state index is 13.2. The molecule has 0 unspecified atom stereocenters. The van der Waals surface area contributed by atoms with E-state index in [1.54, 1.807) is 49.4 Å². The molecule has 0 atom stereocenters. The van der Waals surface area contributed by atoms with E-state index in [1.807, 2.05) is 19.1 Å². The SMILES string of the molecule is CCN(Cc1nc2ccccc2c(=O)[nH]1)C(=O)c1cccc(S(=O)(=O)Nc2ccc(C)cc2)c1. The Morgan fingerprint density at radius 2 is 1.76 bits per heavy atom. The van der Waals surface area contributed by atoms with Crippen LogP contribution in [0.15, 0.2) is 82.5 Å². The number of sulfonamides is 1. The first-order chi connectivity index (χ1) is 16.3. The summed E-state index contributed by atoms with van der Waals surface area (Å²) in [6, 6.07) is 19.8. The Balaban J connectivity index is 1.58. The third-order valence-corrected chi connectivity index (χ3v) is 6.75. The highest BCUT2D eigenvalue weighted by Gasteiger charge is 2.20. The second-order valence-electron chi connectivity index (χ2n) is 7.85. The third-order valence-electron chi connectivity index (χ3n) is 5.37. The van der Waals surface area contributed by atoms with Crippen molar-refractivity contribution in [2.24, 2.45) is 0 Å². The van der Waals surface area contributed by atoms with Gasteiger partial charge < -0.3 is 9.88 Å². The minimum absolute atomic E-state index is 0.0211. The number of anilines is 1. The zero-order valence-electron chi connectivity index (χ0n) is 18.8. The highest BCUT2D eigenvalue weighted by molar-refractivity contribution is 7.92. The van der Waals surface area contributed by atoms with Crippen molar-refractivity contribution in [2.75, 3.05) is 11.3 Å². The molecular formula is C25H24N4O4S. The fourth-order valence-electron chi connectivity index (χ4n) is 3.53. The van der Waals surface area contributed by atoms with Crippen LogP contribution in [0.3, 0.4) is 0 Å². The smallest absolute Gasteiger partial charge is 0.261 e. The molecule has 0 bridgehead atoms. The van der Waals surface area contributed by atoms with Crippen LogP contribution < -0.4 is 10.3 Å². The molecule has 1 amide bonds. The van der Waals surface area contributed by atoms with Gasteiger partial charge in [0.05, 0.1) is 22.3 Å². The molecule has 34 heavy (non-hydrogen) atoms. The summed E-state index contributed by atoms with van der Waals surface area (Å²) >= 11 is 0. The molecule has 0 aliphatic carbocycles.